The van der Waals surface area contributed by atoms with Crippen molar-refractivity contribution in [2.24, 2.45) is 0 Å². The molecule has 1 amide bonds. The highest BCUT2D eigenvalue weighted by Gasteiger charge is 2.23. The maximum absolute atomic E-state index is 12.8. The van der Waals surface area contributed by atoms with Crippen molar-refractivity contribution in [1.82, 2.24) is 25.0 Å². The Kier molecular flexibility index (Phi) is 5.48. The highest BCUT2D eigenvalue weighted by molar-refractivity contribution is 5.95. The molecule has 0 aliphatic carbocycles. The molecule has 1 aromatic carbocycles. The number of amides is 1. The van der Waals surface area contributed by atoms with Crippen LogP contribution in [0.1, 0.15) is 34.5 Å². The van der Waals surface area contributed by atoms with Crippen LogP contribution in [0.15, 0.2) is 60.9 Å². The summed E-state index contributed by atoms with van der Waals surface area (Å²) in [5, 5.41) is 7.56. The largest absolute Gasteiger partial charge is 0.348 e. The van der Waals surface area contributed by atoms with Crippen LogP contribution in [0, 0.1) is 6.92 Å². The molecule has 1 unspecified atom stereocenters. The summed E-state index contributed by atoms with van der Waals surface area (Å²) in [6, 6.07) is 16.3. The first kappa shape index (κ1) is 18.4. The monoisotopic (exact) mass is 375 g/mol. The first-order chi connectivity index (χ1) is 13.7. The summed E-state index contributed by atoms with van der Waals surface area (Å²) in [7, 11) is 0. The lowest BCUT2D eigenvalue weighted by Crippen LogP contribution is -2.47. The number of likely N-dealkylation sites (tertiary alicyclic amines) is 1. The maximum Gasteiger partial charge on any atom is 0.255 e. The van der Waals surface area contributed by atoms with E-state index < -0.39 is 0 Å². The smallest absolute Gasteiger partial charge is 0.255 e. The van der Waals surface area contributed by atoms with Gasteiger partial charge in [-0.2, -0.15) is 5.10 Å². The van der Waals surface area contributed by atoms with Gasteiger partial charge in [0.05, 0.1) is 17.5 Å². The summed E-state index contributed by atoms with van der Waals surface area (Å²) in [6.45, 7) is 4.76. The van der Waals surface area contributed by atoms with E-state index in [2.05, 4.69) is 44.6 Å². The molecule has 1 atom stereocenters. The molecule has 28 heavy (non-hydrogen) atoms. The van der Waals surface area contributed by atoms with Gasteiger partial charge in [-0.1, -0.05) is 36.4 Å². The molecular weight excluding hydrogens is 350 g/mol. The van der Waals surface area contributed by atoms with Gasteiger partial charge in [-0.15, -0.1) is 0 Å². The van der Waals surface area contributed by atoms with Gasteiger partial charge in [0.2, 0.25) is 0 Å². The quantitative estimate of drug-likeness (QED) is 0.745. The van der Waals surface area contributed by atoms with Crippen LogP contribution in [0.3, 0.4) is 0 Å². The lowest BCUT2D eigenvalue weighted by atomic mass is 10.0. The number of nitrogens with zero attached hydrogens (tertiary/aromatic N) is 4. The van der Waals surface area contributed by atoms with Gasteiger partial charge in [-0.3, -0.25) is 9.69 Å². The molecule has 0 bridgehead atoms. The summed E-state index contributed by atoms with van der Waals surface area (Å²) >= 11 is 0. The van der Waals surface area contributed by atoms with Crippen LogP contribution in [-0.4, -0.2) is 44.7 Å². The number of benzene rings is 1. The number of hydrogen-bond donors (Lipinski definition) is 1. The number of hydrogen-bond acceptors (Lipinski definition) is 4. The van der Waals surface area contributed by atoms with Gasteiger partial charge in [0.15, 0.2) is 5.82 Å². The fourth-order valence-electron chi connectivity index (χ4n) is 3.76. The van der Waals surface area contributed by atoms with E-state index in [-0.39, 0.29) is 11.9 Å². The summed E-state index contributed by atoms with van der Waals surface area (Å²) in [5.74, 6) is 0.650. The minimum absolute atomic E-state index is 0.0637. The molecular formula is C22H25N5O. The Balaban J connectivity index is 1.40. The lowest BCUT2D eigenvalue weighted by Gasteiger charge is -2.33. The Bertz CT molecular complexity index is 923. The Morgan fingerprint density at radius 3 is 2.79 bits per heavy atom. The van der Waals surface area contributed by atoms with Crippen molar-refractivity contribution >= 4 is 5.91 Å². The van der Waals surface area contributed by atoms with Crippen LogP contribution in [0.5, 0.6) is 0 Å². The molecule has 6 heteroatoms. The van der Waals surface area contributed by atoms with Gasteiger partial charge in [-0.25, -0.2) is 9.67 Å². The minimum atomic E-state index is -0.0637. The van der Waals surface area contributed by atoms with Crippen LogP contribution in [0.4, 0.5) is 0 Å². The SMILES string of the molecule is Cc1c(C(=O)NC2CCCN(Cc3ccccc3)C2)cnn1-c1ccccn1. The highest BCUT2D eigenvalue weighted by atomic mass is 16.1. The van der Waals surface area contributed by atoms with Crippen LogP contribution in [0.25, 0.3) is 5.82 Å². The zero-order valence-electron chi connectivity index (χ0n) is 16.1. The molecule has 144 valence electrons. The van der Waals surface area contributed by atoms with E-state index in [1.807, 2.05) is 31.2 Å². The molecule has 2 aromatic heterocycles. The molecule has 3 heterocycles. The lowest BCUT2D eigenvalue weighted by molar-refractivity contribution is 0.0900. The number of nitrogens with one attached hydrogen (secondary N) is 1. The van der Waals surface area contributed by atoms with E-state index in [4.69, 9.17) is 0 Å². The normalized spacial score (nSPS) is 17.4. The second-order valence-electron chi connectivity index (χ2n) is 7.28. The Morgan fingerprint density at radius 1 is 1.18 bits per heavy atom. The maximum atomic E-state index is 12.8. The minimum Gasteiger partial charge on any atom is -0.348 e. The zero-order valence-corrected chi connectivity index (χ0v) is 16.1. The van der Waals surface area contributed by atoms with Crippen LogP contribution in [0.2, 0.25) is 0 Å². The second kappa shape index (κ2) is 8.35. The topological polar surface area (TPSA) is 63.1 Å². The van der Waals surface area contributed by atoms with Crippen LogP contribution < -0.4 is 5.32 Å². The average Bonchev–Trinajstić information content (AvgIpc) is 3.11. The number of rotatable bonds is 5. The molecule has 1 aliphatic rings. The molecule has 3 aromatic rings. The fraction of sp³-hybridized carbons (Fsp3) is 0.318. The van der Waals surface area contributed by atoms with Crippen LogP contribution >= 0.6 is 0 Å². The molecule has 1 N–H and O–H groups in total. The van der Waals surface area contributed by atoms with E-state index in [1.54, 1.807) is 17.1 Å². The summed E-state index contributed by atoms with van der Waals surface area (Å²) in [6.07, 6.45) is 5.44. The predicted molar refractivity (Wildman–Crippen MR) is 108 cm³/mol. The standard InChI is InChI=1S/C22H25N5O/c1-17-20(14-24-27(17)21-11-5-6-12-23-21)22(28)25-19-10-7-13-26(16-19)15-18-8-3-2-4-9-18/h2-6,8-9,11-12,14,19H,7,10,13,15-16H2,1H3,(H,25,28). The molecule has 0 saturated carbocycles. The number of aromatic nitrogens is 3. The molecule has 4 rings (SSSR count). The summed E-state index contributed by atoms with van der Waals surface area (Å²) < 4.78 is 1.71. The zero-order chi connectivity index (χ0) is 19.3. The van der Waals surface area contributed by atoms with Gasteiger partial charge >= 0.3 is 0 Å². The van der Waals surface area contributed by atoms with Crippen molar-refractivity contribution in [1.29, 1.82) is 0 Å². The molecule has 6 nitrogen and oxygen atoms in total. The average molecular weight is 375 g/mol. The predicted octanol–water partition coefficient (Wildman–Crippen LogP) is 2.97. The molecule has 1 aliphatic heterocycles. The second-order valence-corrected chi connectivity index (χ2v) is 7.28. The first-order valence-corrected chi connectivity index (χ1v) is 9.74. The van der Waals surface area contributed by atoms with Gasteiger partial charge < -0.3 is 5.32 Å². The number of pyridine rings is 1. The number of piperidine rings is 1. The van der Waals surface area contributed by atoms with E-state index in [9.17, 15) is 4.79 Å². The molecule has 1 fully saturated rings. The Morgan fingerprint density at radius 2 is 2.00 bits per heavy atom. The first-order valence-electron chi connectivity index (χ1n) is 9.74. The van der Waals surface area contributed by atoms with Gasteiger partial charge in [-0.05, 0) is 44.0 Å². The van der Waals surface area contributed by atoms with Gasteiger partial charge in [0, 0.05) is 25.3 Å². The third-order valence-corrected chi connectivity index (χ3v) is 5.21. The Hall–Kier alpha value is -2.99. The highest BCUT2D eigenvalue weighted by Crippen LogP contribution is 2.16. The fourth-order valence-corrected chi connectivity index (χ4v) is 3.76. The van der Waals surface area contributed by atoms with Crippen molar-refractivity contribution < 1.29 is 4.79 Å². The summed E-state index contributed by atoms with van der Waals surface area (Å²) in [5.41, 5.74) is 2.71. The van der Waals surface area contributed by atoms with Gasteiger partial charge in [0.25, 0.3) is 5.91 Å². The van der Waals surface area contributed by atoms with Crippen molar-refractivity contribution in [2.45, 2.75) is 32.4 Å². The number of carbonyl (C=O) groups is 1. The Labute approximate surface area is 165 Å². The summed E-state index contributed by atoms with van der Waals surface area (Å²) in [4.78, 5) is 19.6. The van der Waals surface area contributed by atoms with E-state index in [1.165, 1.54) is 5.56 Å². The third-order valence-electron chi connectivity index (χ3n) is 5.21. The molecule has 0 spiro atoms. The van der Waals surface area contributed by atoms with E-state index in [0.717, 1.165) is 38.2 Å². The third kappa shape index (κ3) is 4.12. The van der Waals surface area contributed by atoms with Crippen molar-refractivity contribution in [3.8, 4) is 5.82 Å². The van der Waals surface area contributed by atoms with Crippen molar-refractivity contribution in [3.05, 3.63) is 77.7 Å². The van der Waals surface area contributed by atoms with Crippen molar-refractivity contribution in [2.75, 3.05) is 13.1 Å². The van der Waals surface area contributed by atoms with Gasteiger partial charge in [0.1, 0.15) is 0 Å². The molecule has 0 radical (unpaired) electrons. The van der Waals surface area contributed by atoms with Crippen LogP contribution in [-0.2, 0) is 6.54 Å². The molecule has 1 saturated heterocycles. The van der Waals surface area contributed by atoms with E-state index >= 15 is 0 Å². The van der Waals surface area contributed by atoms with E-state index in [0.29, 0.717) is 11.4 Å². The number of carbonyl (C=O) groups excluding carboxylic acids is 1. The van der Waals surface area contributed by atoms with Crippen molar-refractivity contribution in [3.63, 3.8) is 0 Å².